The van der Waals surface area contributed by atoms with Gasteiger partial charge in [0.05, 0.1) is 13.2 Å². The van der Waals surface area contributed by atoms with E-state index in [0.29, 0.717) is 6.04 Å². The van der Waals surface area contributed by atoms with Crippen molar-refractivity contribution in [1.29, 1.82) is 0 Å². The summed E-state index contributed by atoms with van der Waals surface area (Å²) in [5.74, 6) is 0.887. The third-order valence-corrected chi connectivity index (χ3v) is 4.06. The summed E-state index contributed by atoms with van der Waals surface area (Å²) in [5, 5.41) is 3.55. The zero-order valence-corrected chi connectivity index (χ0v) is 13.8. The number of hydrogen-bond acceptors (Lipinski definition) is 3. The fraction of sp³-hybridized carbons (Fsp3) is 0.600. The fourth-order valence-electron chi connectivity index (χ4n) is 1.97. The Morgan fingerprint density at radius 1 is 1.32 bits per heavy atom. The van der Waals surface area contributed by atoms with E-state index in [2.05, 4.69) is 41.2 Å². The molecular weight excluding hydrogens is 306 g/mol. The largest absolute Gasteiger partial charge is 0.497 e. The van der Waals surface area contributed by atoms with Crippen LogP contribution in [-0.4, -0.2) is 32.9 Å². The van der Waals surface area contributed by atoms with Crippen LogP contribution in [0.5, 0.6) is 5.75 Å². The molecule has 0 aliphatic heterocycles. The minimum absolute atomic E-state index is 0.171. The molecule has 0 fully saturated rings. The van der Waals surface area contributed by atoms with Gasteiger partial charge in [-0.2, -0.15) is 0 Å². The van der Waals surface area contributed by atoms with Gasteiger partial charge in [-0.1, -0.05) is 22.9 Å². The van der Waals surface area contributed by atoms with Crippen LogP contribution in [0.25, 0.3) is 0 Å². The number of halogens is 1. The maximum Gasteiger partial charge on any atom is 0.119 e. The molecular formula is C15H24BrNO2. The maximum atomic E-state index is 5.47. The Kier molecular flexibility index (Phi) is 7.42. The molecule has 2 unspecified atom stereocenters. The molecule has 4 heteroatoms. The summed E-state index contributed by atoms with van der Waals surface area (Å²) in [6, 6.07) is 6.37. The van der Waals surface area contributed by atoms with E-state index in [1.807, 2.05) is 12.1 Å². The molecule has 0 aliphatic rings. The molecule has 0 saturated carbocycles. The molecule has 108 valence electrons. The summed E-state index contributed by atoms with van der Waals surface area (Å²) in [4.78, 5) is 0. The number of hydrogen-bond donors (Lipinski definition) is 1. The molecule has 0 amide bonds. The Balaban J connectivity index is 2.82. The molecule has 0 radical (unpaired) electrons. The average Bonchev–Trinajstić information content (AvgIpc) is 2.44. The van der Waals surface area contributed by atoms with Crippen LogP contribution >= 0.6 is 15.9 Å². The van der Waals surface area contributed by atoms with Gasteiger partial charge in [0.15, 0.2) is 0 Å². The summed E-state index contributed by atoms with van der Waals surface area (Å²) in [6.45, 7) is 5.27. The lowest BCUT2D eigenvalue weighted by Gasteiger charge is -2.25. The van der Waals surface area contributed by atoms with Gasteiger partial charge < -0.3 is 14.8 Å². The van der Waals surface area contributed by atoms with Crippen LogP contribution in [-0.2, 0) is 11.2 Å². The topological polar surface area (TPSA) is 30.5 Å². The number of benzene rings is 1. The van der Waals surface area contributed by atoms with E-state index in [1.165, 1.54) is 5.56 Å². The van der Waals surface area contributed by atoms with Crippen molar-refractivity contribution in [3.63, 3.8) is 0 Å². The number of rotatable bonds is 8. The summed E-state index contributed by atoms with van der Waals surface area (Å²) in [7, 11) is 3.45. The van der Waals surface area contributed by atoms with E-state index >= 15 is 0 Å². The highest BCUT2D eigenvalue weighted by atomic mass is 79.9. The van der Waals surface area contributed by atoms with Gasteiger partial charge in [0.1, 0.15) is 5.75 Å². The highest BCUT2D eigenvalue weighted by Gasteiger charge is 2.18. The number of nitrogens with one attached hydrogen (secondary N) is 1. The lowest BCUT2D eigenvalue weighted by molar-refractivity contribution is 0.0830. The maximum absolute atomic E-state index is 5.47. The highest BCUT2D eigenvalue weighted by Crippen LogP contribution is 2.24. The van der Waals surface area contributed by atoms with E-state index < -0.39 is 0 Å². The second-order valence-electron chi connectivity index (χ2n) is 4.66. The quantitative estimate of drug-likeness (QED) is 0.792. The average molecular weight is 330 g/mol. The predicted octanol–water partition coefficient (Wildman–Crippen LogP) is 3.40. The molecule has 0 heterocycles. The van der Waals surface area contributed by atoms with Crippen LogP contribution in [0.4, 0.5) is 0 Å². The van der Waals surface area contributed by atoms with Crippen LogP contribution in [0.3, 0.4) is 0 Å². The Morgan fingerprint density at radius 2 is 2.05 bits per heavy atom. The van der Waals surface area contributed by atoms with Crippen molar-refractivity contribution >= 4 is 15.9 Å². The van der Waals surface area contributed by atoms with Crippen LogP contribution in [0.2, 0.25) is 0 Å². The standard InChI is InChI=1S/C15H24BrNO2/c1-5-8-17-15(11(2)18-3)10-12-9-13(19-4)6-7-14(12)16/h6-7,9,11,15,17H,5,8,10H2,1-4H3. The van der Waals surface area contributed by atoms with Crippen molar-refractivity contribution < 1.29 is 9.47 Å². The van der Waals surface area contributed by atoms with Crippen molar-refractivity contribution in [2.75, 3.05) is 20.8 Å². The minimum Gasteiger partial charge on any atom is -0.497 e. The van der Waals surface area contributed by atoms with Crippen LogP contribution < -0.4 is 10.1 Å². The van der Waals surface area contributed by atoms with Gasteiger partial charge in [0.2, 0.25) is 0 Å². The van der Waals surface area contributed by atoms with Crippen molar-refractivity contribution in [3.8, 4) is 5.75 Å². The monoisotopic (exact) mass is 329 g/mol. The third-order valence-electron chi connectivity index (χ3n) is 3.29. The summed E-state index contributed by atoms with van der Waals surface area (Å²) < 4.78 is 11.9. The molecule has 1 N–H and O–H groups in total. The smallest absolute Gasteiger partial charge is 0.119 e. The van der Waals surface area contributed by atoms with E-state index in [1.54, 1.807) is 14.2 Å². The van der Waals surface area contributed by atoms with Gasteiger partial charge in [-0.05, 0) is 50.1 Å². The molecule has 0 aromatic heterocycles. The van der Waals surface area contributed by atoms with E-state index in [4.69, 9.17) is 9.47 Å². The molecule has 0 spiro atoms. The Bertz CT molecular complexity index is 384. The molecule has 2 atom stereocenters. The zero-order chi connectivity index (χ0) is 14.3. The second-order valence-corrected chi connectivity index (χ2v) is 5.52. The lowest BCUT2D eigenvalue weighted by Crippen LogP contribution is -2.41. The van der Waals surface area contributed by atoms with Crippen LogP contribution in [0.1, 0.15) is 25.8 Å². The first-order valence-corrected chi connectivity index (χ1v) is 7.50. The molecule has 1 aromatic carbocycles. The Morgan fingerprint density at radius 3 is 2.63 bits per heavy atom. The van der Waals surface area contributed by atoms with Gasteiger partial charge in [-0.3, -0.25) is 0 Å². The Hall–Kier alpha value is -0.580. The van der Waals surface area contributed by atoms with Gasteiger partial charge in [-0.15, -0.1) is 0 Å². The molecule has 1 rings (SSSR count). The fourth-order valence-corrected chi connectivity index (χ4v) is 2.38. The van der Waals surface area contributed by atoms with Gasteiger partial charge in [0.25, 0.3) is 0 Å². The van der Waals surface area contributed by atoms with Gasteiger partial charge in [-0.25, -0.2) is 0 Å². The van der Waals surface area contributed by atoms with Crippen LogP contribution in [0, 0.1) is 0 Å². The summed E-state index contributed by atoms with van der Waals surface area (Å²) >= 11 is 3.60. The van der Waals surface area contributed by atoms with Crippen molar-refractivity contribution in [1.82, 2.24) is 5.32 Å². The molecule has 0 saturated heterocycles. The number of methoxy groups -OCH3 is 2. The van der Waals surface area contributed by atoms with E-state index in [0.717, 1.165) is 29.6 Å². The van der Waals surface area contributed by atoms with Crippen molar-refractivity contribution in [2.45, 2.75) is 38.8 Å². The first-order valence-electron chi connectivity index (χ1n) is 6.71. The van der Waals surface area contributed by atoms with Crippen molar-refractivity contribution in [3.05, 3.63) is 28.2 Å². The molecule has 1 aromatic rings. The predicted molar refractivity (Wildman–Crippen MR) is 83.0 cm³/mol. The zero-order valence-electron chi connectivity index (χ0n) is 12.2. The SMILES string of the molecule is CCCNC(Cc1cc(OC)ccc1Br)C(C)OC. The normalized spacial score (nSPS) is 14.2. The second kappa shape index (κ2) is 8.56. The molecule has 19 heavy (non-hydrogen) atoms. The summed E-state index contributed by atoms with van der Waals surface area (Å²) in [6.07, 6.45) is 2.20. The first kappa shape index (κ1) is 16.5. The van der Waals surface area contributed by atoms with Gasteiger partial charge in [0, 0.05) is 17.6 Å². The van der Waals surface area contributed by atoms with E-state index in [-0.39, 0.29) is 6.10 Å². The minimum atomic E-state index is 0.171. The third kappa shape index (κ3) is 5.13. The lowest BCUT2D eigenvalue weighted by atomic mass is 10.0. The van der Waals surface area contributed by atoms with Crippen LogP contribution in [0.15, 0.2) is 22.7 Å². The summed E-state index contributed by atoms with van der Waals surface area (Å²) in [5.41, 5.74) is 1.23. The molecule has 0 bridgehead atoms. The van der Waals surface area contributed by atoms with Gasteiger partial charge >= 0.3 is 0 Å². The highest BCUT2D eigenvalue weighted by molar-refractivity contribution is 9.10. The number of ether oxygens (including phenoxy) is 2. The van der Waals surface area contributed by atoms with Crippen molar-refractivity contribution in [2.24, 2.45) is 0 Å². The first-order chi connectivity index (χ1) is 9.12. The Labute approximate surface area is 124 Å². The molecule has 3 nitrogen and oxygen atoms in total. The van der Waals surface area contributed by atoms with E-state index in [9.17, 15) is 0 Å². The molecule has 0 aliphatic carbocycles.